The zero-order chi connectivity index (χ0) is 14.4. The van der Waals surface area contributed by atoms with Crippen LogP contribution in [0.4, 0.5) is 0 Å². The van der Waals surface area contributed by atoms with E-state index in [4.69, 9.17) is 11.6 Å². The van der Waals surface area contributed by atoms with Crippen molar-refractivity contribution in [2.24, 2.45) is 0 Å². The molecule has 0 bridgehead atoms. The number of aromatic nitrogens is 4. The summed E-state index contributed by atoms with van der Waals surface area (Å²) in [7, 11) is 0. The normalized spacial score (nSPS) is 11.3. The van der Waals surface area contributed by atoms with E-state index in [0.29, 0.717) is 10.8 Å². The van der Waals surface area contributed by atoms with Crippen LogP contribution >= 0.6 is 11.6 Å². The molecule has 0 radical (unpaired) electrons. The molecule has 0 aliphatic rings. The lowest BCUT2D eigenvalue weighted by Gasteiger charge is -2.05. The van der Waals surface area contributed by atoms with Gasteiger partial charge in [-0.05, 0) is 19.1 Å². The number of benzene rings is 2. The van der Waals surface area contributed by atoms with Gasteiger partial charge in [-0.2, -0.15) is 0 Å². The van der Waals surface area contributed by atoms with Gasteiger partial charge in [0.05, 0.1) is 11.0 Å². The van der Waals surface area contributed by atoms with Crippen LogP contribution in [-0.4, -0.2) is 19.6 Å². The smallest absolute Gasteiger partial charge is 0.199 e. The Bertz CT molecular complexity index is 957. The van der Waals surface area contributed by atoms with Gasteiger partial charge in [0.15, 0.2) is 16.6 Å². The third kappa shape index (κ3) is 1.87. The maximum absolute atomic E-state index is 6.23. The first-order chi connectivity index (χ1) is 10.2. The molecular formula is C16H11ClN4. The van der Waals surface area contributed by atoms with Crippen LogP contribution in [0.25, 0.3) is 28.1 Å². The maximum atomic E-state index is 6.23. The first-order valence-electron chi connectivity index (χ1n) is 6.60. The summed E-state index contributed by atoms with van der Waals surface area (Å²) in [4.78, 5) is 4.37. The Hall–Kier alpha value is -2.46. The first-order valence-corrected chi connectivity index (χ1v) is 6.98. The summed E-state index contributed by atoms with van der Waals surface area (Å²) >= 11 is 6.23. The highest BCUT2D eigenvalue weighted by Gasteiger charge is 2.14. The summed E-state index contributed by atoms with van der Waals surface area (Å²) in [6.45, 7) is 2.06. The van der Waals surface area contributed by atoms with Crippen molar-refractivity contribution >= 4 is 28.3 Å². The summed E-state index contributed by atoms with van der Waals surface area (Å²) in [6, 6.07) is 16.0. The van der Waals surface area contributed by atoms with E-state index in [-0.39, 0.29) is 0 Å². The van der Waals surface area contributed by atoms with Crippen molar-refractivity contribution in [2.45, 2.75) is 6.92 Å². The molecule has 2 aromatic heterocycles. The zero-order valence-electron chi connectivity index (χ0n) is 11.3. The molecule has 0 saturated carbocycles. The second-order valence-electron chi connectivity index (χ2n) is 4.94. The second kappa shape index (κ2) is 4.53. The van der Waals surface area contributed by atoms with E-state index in [0.717, 1.165) is 22.4 Å². The highest BCUT2D eigenvalue weighted by atomic mass is 35.5. The fourth-order valence-corrected chi connectivity index (χ4v) is 2.65. The van der Waals surface area contributed by atoms with E-state index in [9.17, 15) is 0 Å². The molecule has 4 rings (SSSR count). The third-order valence-corrected chi connectivity index (χ3v) is 3.75. The van der Waals surface area contributed by atoms with Gasteiger partial charge in [-0.3, -0.25) is 4.40 Å². The second-order valence-corrected chi connectivity index (χ2v) is 5.30. The minimum Gasteiger partial charge on any atom is -0.271 e. The fraction of sp³-hybridized carbons (Fsp3) is 0.0625. The van der Waals surface area contributed by atoms with Gasteiger partial charge < -0.3 is 0 Å². The minimum atomic E-state index is 0.361. The summed E-state index contributed by atoms with van der Waals surface area (Å²) in [5.74, 6) is 0.769. The number of nitrogens with zero attached hydrogens (tertiary/aromatic N) is 4. The zero-order valence-corrected chi connectivity index (χ0v) is 12.0. The molecular weight excluding hydrogens is 284 g/mol. The van der Waals surface area contributed by atoms with Crippen LogP contribution in [0.2, 0.25) is 5.15 Å². The van der Waals surface area contributed by atoms with Gasteiger partial charge in [0.25, 0.3) is 0 Å². The van der Waals surface area contributed by atoms with Crippen LogP contribution < -0.4 is 0 Å². The molecule has 0 aliphatic carbocycles. The van der Waals surface area contributed by atoms with Crippen molar-refractivity contribution in [3.63, 3.8) is 0 Å². The highest BCUT2D eigenvalue weighted by molar-refractivity contribution is 6.32. The SMILES string of the molecule is Cc1ccc(-c2nnc3c(Cl)nc4ccccc4n23)cc1. The first kappa shape index (κ1) is 12.3. The van der Waals surface area contributed by atoms with Crippen LogP contribution in [0.1, 0.15) is 5.56 Å². The monoisotopic (exact) mass is 294 g/mol. The Kier molecular flexibility index (Phi) is 2.65. The van der Waals surface area contributed by atoms with E-state index < -0.39 is 0 Å². The molecule has 102 valence electrons. The number of rotatable bonds is 1. The molecule has 0 N–H and O–H groups in total. The highest BCUT2D eigenvalue weighted by Crippen LogP contribution is 2.26. The van der Waals surface area contributed by atoms with Crippen molar-refractivity contribution in [2.75, 3.05) is 0 Å². The third-order valence-electron chi connectivity index (χ3n) is 3.50. The molecule has 0 fully saturated rings. The van der Waals surface area contributed by atoms with E-state index >= 15 is 0 Å². The van der Waals surface area contributed by atoms with Crippen LogP contribution in [0.15, 0.2) is 48.5 Å². The molecule has 0 amide bonds. The van der Waals surface area contributed by atoms with Crippen molar-refractivity contribution in [1.82, 2.24) is 19.6 Å². The van der Waals surface area contributed by atoms with E-state index in [2.05, 4.69) is 34.2 Å². The average molecular weight is 295 g/mol. The topological polar surface area (TPSA) is 43.1 Å². The van der Waals surface area contributed by atoms with Gasteiger partial charge >= 0.3 is 0 Å². The summed E-state index contributed by atoms with van der Waals surface area (Å²) < 4.78 is 1.95. The molecule has 4 aromatic rings. The van der Waals surface area contributed by atoms with E-state index in [1.54, 1.807) is 0 Å². The Morgan fingerprint density at radius 2 is 1.71 bits per heavy atom. The van der Waals surface area contributed by atoms with Crippen molar-refractivity contribution < 1.29 is 0 Å². The van der Waals surface area contributed by atoms with Crippen LogP contribution in [-0.2, 0) is 0 Å². The largest absolute Gasteiger partial charge is 0.271 e. The Balaban J connectivity index is 2.13. The van der Waals surface area contributed by atoms with Crippen molar-refractivity contribution in [3.8, 4) is 11.4 Å². The average Bonchev–Trinajstić information content (AvgIpc) is 2.94. The van der Waals surface area contributed by atoms with E-state index in [1.165, 1.54) is 5.56 Å². The predicted molar refractivity (Wildman–Crippen MR) is 83.5 cm³/mol. The number of aryl methyl sites for hydroxylation is 1. The van der Waals surface area contributed by atoms with Gasteiger partial charge in [0, 0.05) is 5.56 Å². The molecule has 0 aliphatic heterocycles. The lowest BCUT2D eigenvalue weighted by molar-refractivity contribution is 1.11. The Morgan fingerprint density at radius 1 is 0.952 bits per heavy atom. The predicted octanol–water partition coefficient (Wildman–Crippen LogP) is 3.91. The molecule has 21 heavy (non-hydrogen) atoms. The quantitative estimate of drug-likeness (QED) is 0.534. The molecule has 0 atom stereocenters. The molecule has 4 nitrogen and oxygen atoms in total. The molecule has 2 aromatic carbocycles. The lowest BCUT2D eigenvalue weighted by Crippen LogP contribution is -1.95. The lowest BCUT2D eigenvalue weighted by atomic mass is 10.1. The van der Waals surface area contributed by atoms with Crippen molar-refractivity contribution in [1.29, 1.82) is 0 Å². The number of para-hydroxylation sites is 2. The number of halogens is 1. The molecule has 0 unspecified atom stereocenters. The number of hydrogen-bond donors (Lipinski definition) is 0. The molecule has 2 heterocycles. The van der Waals surface area contributed by atoms with Crippen LogP contribution in [0, 0.1) is 6.92 Å². The Labute approximate surface area is 126 Å². The van der Waals surface area contributed by atoms with Gasteiger partial charge in [0.2, 0.25) is 0 Å². The van der Waals surface area contributed by atoms with Gasteiger partial charge in [0.1, 0.15) is 0 Å². The maximum Gasteiger partial charge on any atom is 0.199 e. The molecule has 5 heteroatoms. The summed E-state index contributed by atoms with van der Waals surface area (Å²) in [5.41, 5.74) is 4.55. The number of fused-ring (bicyclic) bond motifs is 3. The molecule has 0 spiro atoms. The fourth-order valence-electron chi connectivity index (χ4n) is 2.44. The summed E-state index contributed by atoms with van der Waals surface area (Å²) in [5, 5.41) is 8.84. The minimum absolute atomic E-state index is 0.361. The van der Waals surface area contributed by atoms with Crippen molar-refractivity contribution in [3.05, 3.63) is 59.2 Å². The molecule has 0 saturated heterocycles. The van der Waals surface area contributed by atoms with E-state index in [1.807, 2.05) is 40.8 Å². The van der Waals surface area contributed by atoms with Gasteiger partial charge in [-0.15, -0.1) is 10.2 Å². The van der Waals surface area contributed by atoms with Crippen LogP contribution in [0.5, 0.6) is 0 Å². The number of hydrogen-bond acceptors (Lipinski definition) is 3. The van der Waals surface area contributed by atoms with Crippen LogP contribution in [0.3, 0.4) is 0 Å². The van der Waals surface area contributed by atoms with Gasteiger partial charge in [-0.25, -0.2) is 4.98 Å². The Morgan fingerprint density at radius 3 is 2.52 bits per heavy atom. The standard InChI is InChI=1S/C16H11ClN4/c1-10-6-8-11(9-7-10)15-19-20-16-14(17)18-12-4-2-3-5-13(12)21(15)16/h2-9H,1H3. The summed E-state index contributed by atoms with van der Waals surface area (Å²) in [6.07, 6.45) is 0. The van der Waals surface area contributed by atoms with Gasteiger partial charge in [-0.1, -0.05) is 53.6 Å².